The molecule has 2 N–H and O–H groups in total. The van der Waals surface area contributed by atoms with Gasteiger partial charge in [-0.25, -0.2) is 4.79 Å². The molecule has 4 heteroatoms. The van der Waals surface area contributed by atoms with Crippen LogP contribution in [0.4, 0.5) is 0 Å². The van der Waals surface area contributed by atoms with Crippen LogP contribution in [0.5, 0.6) is 5.75 Å². The van der Waals surface area contributed by atoms with Gasteiger partial charge in [0.1, 0.15) is 11.8 Å². The van der Waals surface area contributed by atoms with Crippen molar-refractivity contribution >= 4 is 5.97 Å². The number of hydrogen-bond donors (Lipinski definition) is 1. The molecule has 1 aromatic carbocycles. The minimum Gasteiger partial charge on any atom is -0.494 e. The first-order chi connectivity index (χ1) is 8.69. The summed E-state index contributed by atoms with van der Waals surface area (Å²) in [7, 11) is 0. The van der Waals surface area contributed by atoms with Crippen LogP contribution >= 0.6 is 0 Å². The molecule has 0 saturated heterocycles. The van der Waals surface area contributed by atoms with E-state index in [4.69, 9.17) is 15.2 Å². The monoisotopic (exact) mass is 251 g/mol. The number of carbonyl (C=O) groups is 1. The van der Waals surface area contributed by atoms with Crippen molar-refractivity contribution in [3.8, 4) is 5.75 Å². The van der Waals surface area contributed by atoms with E-state index < -0.39 is 12.0 Å². The van der Waals surface area contributed by atoms with Crippen LogP contribution in [0.1, 0.15) is 38.3 Å². The Bertz CT molecular complexity index is 362. The maximum atomic E-state index is 11.5. The van der Waals surface area contributed by atoms with Crippen LogP contribution in [0, 0.1) is 0 Å². The largest absolute Gasteiger partial charge is 0.494 e. The summed E-state index contributed by atoms with van der Waals surface area (Å²) in [6.07, 6.45) is 2.13. The second-order valence-electron chi connectivity index (χ2n) is 4.00. The minimum atomic E-state index is -0.727. The van der Waals surface area contributed by atoms with E-state index in [2.05, 4.69) is 6.92 Å². The van der Waals surface area contributed by atoms with Crippen molar-refractivity contribution in [3.63, 3.8) is 0 Å². The Labute approximate surface area is 108 Å². The lowest BCUT2D eigenvalue weighted by Crippen LogP contribution is -2.23. The van der Waals surface area contributed by atoms with Gasteiger partial charge in [0.05, 0.1) is 13.2 Å². The molecular formula is C14H21NO3. The molecule has 0 bridgehead atoms. The van der Waals surface area contributed by atoms with Gasteiger partial charge in [0.25, 0.3) is 0 Å². The Hall–Kier alpha value is -1.55. The zero-order valence-corrected chi connectivity index (χ0v) is 11.0. The highest BCUT2D eigenvalue weighted by molar-refractivity contribution is 5.77. The molecule has 4 nitrogen and oxygen atoms in total. The van der Waals surface area contributed by atoms with Crippen LogP contribution < -0.4 is 10.5 Å². The van der Waals surface area contributed by atoms with Crippen molar-refractivity contribution in [1.82, 2.24) is 0 Å². The molecule has 0 saturated carbocycles. The van der Waals surface area contributed by atoms with E-state index in [1.165, 1.54) is 0 Å². The Balaban J connectivity index is 2.56. The Morgan fingerprint density at radius 3 is 2.50 bits per heavy atom. The van der Waals surface area contributed by atoms with Crippen molar-refractivity contribution in [2.45, 2.75) is 32.7 Å². The highest BCUT2D eigenvalue weighted by Gasteiger charge is 2.16. The first-order valence-electron chi connectivity index (χ1n) is 6.34. The lowest BCUT2D eigenvalue weighted by atomic mass is 10.1. The SMILES string of the molecule is CCCCOc1ccc(C(N)C(=O)OCC)cc1. The van der Waals surface area contributed by atoms with Gasteiger partial charge in [0, 0.05) is 0 Å². The number of unbranched alkanes of at least 4 members (excludes halogenated alkanes) is 1. The summed E-state index contributed by atoms with van der Waals surface area (Å²) in [6, 6.07) is 6.51. The first kappa shape index (κ1) is 14.5. The maximum Gasteiger partial charge on any atom is 0.327 e. The van der Waals surface area contributed by atoms with Gasteiger partial charge in [-0.05, 0) is 31.0 Å². The molecule has 0 aliphatic carbocycles. The van der Waals surface area contributed by atoms with Crippen molar-refractivity contribution in [1.29, 1.82) is 0 Å². The first-order valence-corrected chi connectivity index (χ1v) is 6.34. The molecule has 0 radical (unpaired) electrons. The van der Waals surface area contributed by atoms with Crippen LogP contribution in [0.3, 0.4) is 0 Å². The fraction of sp³-hybridized carbons (Fsp3) is 0.500. The Morgan fingerprint density at radius 2 is 1.94 bits per heavy atom. The third kappa shape index (κ3) is 4.37. The second kappa shape index (κ2) is 7.71. The highest BCUT2D eigenvalue weighted by atomic mass is 16.5. The van der Waals surface area contributed by atoms with Crippen LogP contribution in [0.25, 0.3) is 0 Å². The predicted octanol–water partition coefficient (Wildman–Crippen LogP) is 2.43. The third-order valence-corrected chi connectivity index (χ3v) is 2.55. The normalized spacial score (nSPS) is 11.9. The van der Waals surface area contributed by atoms with E-state index in [9.17, 15) is 4.79 Å². The molecule has 0 aliphatic heterocycles. The van der Waals surface area contributed by atoms with Gasteiger partial charge in [-0.2, -0.15) is 0 Å². The van der Waals surface area contributed by atoms with Gasteiger partial charge in [0.15, 0.2) is 0 Å². The van der Waals surface area contributed by atoms with E-state index in [-0.39, 0.29) is 0 Å². The molecule has 0 spiro atoms. The third-order valence-electron chi connectivity index (χ3n) is 2.55. The fourth-order valence-electron chi connectivity index (χ4n) is 1.47. The van der Waals surface area contributed by atoms with Crippen LogP contribution in [0.2, 0.25) is 0 Å². The van der Waals surface area contributed by atoms with Crippen molar-refractivity contribution < 1.29 is 14.3 Å². The van der Waals surface area contributed by atoms with Gasteiger partial charge in [-0.1, -0.05) is 25.5 Å². The van der Waals surface area contributed by atoms with E-state index in [1.807, 2.05) is 12.1 Å². The lowest BCUT2D eigenvalue weighted by Gasteiger charge is -2.11. The number of ether oxygens (including phenoxy) is 2. The topological polar surface area (TPSA) is 61.5 Å². The summed E-state index contributed by atoms with van der Waals surface area (Å²) in [6.45, 7) is 4.92. The number of benzene rings is 1. The van der Waals surface area contributed by atoms with Gasteiger partial charge in [-0.3, -0.25) is 0 Å². The number of hydrogen-bond acceptors (Lipinski definition) is 4. The molecule has 0 aliphatic rings. The van der Waals surface area contributed by atoms with Crippen LogP contribution in [0.15, 0.2) is 24.3 Å². The quantitative estimate of drug-likeness (QED) is 0.597. The predicted molar refractivity (Wildman–Crippen MR) is 70.4 cm³/mol. The van der Waals surface area contributed by atoms with E-state index in [0.717, 1.165) is 24.2 Å². The minimum absolute atomic E-state index is 0.338. The Morgan fingerprint density at radius 1 is 1.28 bits per heavy atom. The molecule has 1 aromatic rings. The summed E-state index contributed by atoms with van der Waals surface area (Å²) in [4.78, 5) is 11.5. The highest BCUT2D eigenvalue weighted by Crippen LogP contribution is 2.17. The van der Waals surface area contributed by atoms with E-state index >= 15 is 0 Å². The van der Waals surface area contributed by atoms with Crippen LogP contribution in [-0.4, -0.2) is 19.2 Å². The van der Waals surface area contributed by atoms with Crippen molar-refractivity contribution in [2.24, 2.45) is 5.73 Å². The lowest BCUT2D eigenvalue weighted by molar-refractivity contribution is -0.144. The average Bonchev–Trinajstić information content (AvgIpc) is 2.39. The molecule has 1 atom stereocenters. The molecule has 0 aromatic heterocycles. The molecule has 18 heavy (non-hydrogen) atoms. The molecule has 0 amide bonds. The average molecular weight is 251 g/mol. The van der Waals surface area contributed by atoms with Gasteiger partial charge < -0.3 is 15.2 Å². The summed E-state index contributed by atoms with van der Waals surface area (Å²) >= 11 is 0. The molecule has 0 heterocycles. The summed E-state index contributed by atoms with van der Waals surface area (Å²) in [5.41, 5.74) is 6.51. The van der Waals surface area contributed by atoms with Gasteiger partial charge in [0.2, 0.25) is 0 Å². The zero-order valence-electron chi connectivity index (χ0n) is 11.0. The fourth-order valence-corrected chi connectivity index (χ4v) is 1.47. The van der Waals surface area contributed by atoms with E-state index in [1.54, 1.807) is 19.1 Å². The molecular weight excluding hydrogens is 230 g/mol. The number of rotatable bonds is 7. The summed E-state index contributed by atoms with van der Waals surface area (Å²) < 4.78 is 10.4. The van der Waals surface area contributed by atoms with Gasteiger partial charge >= 0.3 is 5.97 Å². The van der Waals surface area contributed by atoms with Gasteiger partial charge in [-0.15, -0.1) is 0 Å². The molecule has 1 rings (SSSR count). The maximum absolute atomic E-state index is 11.5. The Kier molecular flexibility index (Phi) is 6.22. The summed E-state index contributed by atoms with van der Waals surface area (Å²) in [5.74, 6) is 0.389. The summed E-state index contributed by atoms with van der Waals surface area (Å²) in [5, 5.41) is 0. The standard InChI is InChI=1S/C14H21NO3/c1-3-5-10-18-12-8-6-11(7-9-12)13(15)14(16)17-4-2/h6-9,13H,3-5,10,15H2,1-2H3. The van der Waals surface area contributed by atoms with E-state index in [0.29, 0.717) is 13.2 Å². The number of nitrogens with two attached hydrogens (primary N) is 1. The molecule has 100 valence electrons. The smallest absolute Gasteiger partial charge is 0.327 e. The second-order valence-corrected chi connectivity index (χ2v) is 4.00. The van der Waals surface area contributed by atoms with Crippen molar-refractivity contribution in [3.05, 3.63) is 29.8 Å². The molecule has 1 unspecified atom stereocenters. The number of esters is 1. The van der Waals surface area contributed by atoms with Crippen molar-refractivity contribution in [2.75, 3.05) is 13.2 Å². The number of carbonyl (C=O) groups excluding carboxylic acids is 1. The molecule has 0 fully saturated rings. The zero-order chi connectivity index (χ0) is 13.4. The van der Waals surface area contributed by atoms with Crippen LogP contribution in [-0.2, 0) is 9.53 Å².